The molecule has 2 aromatic carbocycles. The van der Waals surface area contributed by atoms with Crippen molar-refractivity contribution in [1.29, 1.82) is 5.26 Å². The van der Waals surface area contributed by atoms with E-state index in [9.17, 15) is 20.2 Å². The van der Waals surface area contributed by atoms with Gasteiger partial charge in [-0.2, -0.15) is 5.26 Å². The number of nitro groups is 1. The molecule has 2 aromatic rings. The average Bonchev–Trinajstić information content (AvgIpc) is 2.59. The van der Waals surface area contributed by atoms with Crippen molar-refractivity contribution in [2.24, 2.45) is 0 Å². The third-order valence-corrected chi connectivity index (χ3v) is 3.41. The number of methoxy groups -OCH3 is 1. The van der Waals surface area contributed by atoms with Gasteiger partial charge < -0.3 is 10.1 Å². The lowest BCUT2D eigenvalue weighted by Gasteiger charge is -2.06. The van der Waals surface area contributed by atoms with Gasteiger partial charge in [-0.25, -0.2) is 0 Å². The number of amides is 1. The maximum Gasteiger partial charge on any atom is 0.271 e. The molecule has 0 aromatic heterocycles. The molecule has 0 saturated heterocycles. The number of carbonyl (C=O) groups is 1. The molecule has 7 nitrogen and oxygen atoms in total. The van der Waals surface area contributed by atoms with Crippen molar-refractivity contribution in [2.45, 2.75) is 6.92 Å². The first-order chi connectivity index (χ1) is 11.9. The number of nitriles is 1. The van der Waals surface area contributed by atoms with Gasteiger partial charge in [-0.15, -0.1) is 0 Å². The number of benzene rings is 2. The summed E-state index contributed by atoms with van der Waals surface area (Å²) in [6.07, 6.45) is 1.44. The molecule has 1 amide bonds. The second kappa shape index (κ2) is 7.75. The van der Waals surface area contributed by atoms with E-state index >= 15 is 0 Å². The Morgan fingerprint density at radius 2 is 2.08 bits per heavy atom. The van der Waals surface area contributed by atoms with E-state index in [2.05, 4.69) is 5.32 Å². The smallest absolute Gasteiger partial charge is 0.271 e. The van der Waals surface area contributed by atoms with Crippen LogP contribution in [0.1, 0.15) is 11.1 Å². The number of non-ortho nitro benzene ring substituents is 1. The van der Waals surface area contributed by atoms with E-state index in [4.69, 9.17) is 4.74 Å². The zero-order chi connectivity index (χ0) is 18.4. The quantitative estimate of drug-likeness (QED) is 0.389. The van der Waals surface area contributed by atoms with E-state index in [0.29, 0.717) is 11.3 Å². The Morgan fingerprint density at radius 3 is 2.68 bits per heavy atom. The molecule has 7 heteroatoms. The largest absolute Gasteiger partial charge is 0.496 e. The molecule has 0 unspecified atom stereocenters. The van der Waals surface area contributed by atoms with E-state index in [-0.39, 0.29) is 16.9 Å². The highest BCUT2D eigenvalue weighted by molar-refractivity contribution is 6.09. The number of rotatable bonds is 5. The molecule has 2 rings (SSSR count). The van der Waals surface area contributed by atoms with Gasteiger partial charge in [0.2, 0.25) is 0 Å². The molecule has 0 aliphatic heterocycles. The minimum Gasteiger partial charge on any atom is -0.496 e. The Balaban J connectivity index is 2.24. The van der Waals surface area contributed by atoms with Gasteiger partial charge in [0.15, 0.2) is 0 Å². The topological polar surface area (TPSA) is 105 Å². The Labute approximate surface area is 144 Å². The summed E-state index contributed by atoms with van der Waals surface area (Å²) in [4.78, 5) is 22.5. The van der Waals surface area contributed by atoms with Crippen LogP contribution in [-0.4, -0.2) is 17.9 Å². The van der Waals surface area contributed by atoms with Crippen molar-refractivity contribution < 1.29 is 14.5 Å². The summed E-state index contributed by atoms with van der Waals surface area (Å²) in [6.45, 7) is 1.85. The van der Waals surface area contributed by atoms with Crippen molar-refractivity contribution in [1.82, 2.24) is 0 Å². The second-order valence-electron chi connectivity index (χ2n) is 5.16. The van der Waals surface area contributed by atoms with Crippen molar-refractivity contribution in [3.63, 3.8) is 0 Å². The van der Waals surface area contributed by atoms with Crippen molar-refractivity contribution >= 4 is 23.4 Å². The van der Waals surface area contributed by atoms with E-state index in [1.165, 1.54) is 30.3 Å². The Bertz CT molecular complexity index is 897. The first kappa shape index (κ1) is 17.7. The van der Waals surface area contributed by atoms with Crippen LogP contribution in [0, 0.1) is 28.4 Å². The normalized spacial score (nSPS) is 10.7. The van der Waals surface area contributed by atoms with E-state index in [1.54, 1.807) is 25.3 Å². The van der Waals surface area contributed by atoms with Crippen LogP contribution >= 0.6 is 0 Å². The Kier molecular flexibility index (Phi) is 5.48. The first-order valence-corrected chi connectivity index (χ1v) is 7.27. The molecule has 0 heterocycles. The Morgan fingerprint density at radius 1 is 1.32 bits per heavy atom. The molecule has 0 radical (unpaired) electrons. The van der Waals surface area contributed by atoms with Gasteiger partial charge in [0.1, 0.15) is 17.4 Å². The van der Waals surface area contributed by atoms with Crippen LogP contribution in [0.2, 0.25) is 0 Å². The molecule has 126 valence electrons. The molecule has 1 N–H and O–H groups in total. The highest BCUT2D eigenvalue weighted by Gasteiger charge is 2.12. The van der Waals surface area contributed by atoms with Crippen molar-refractivity contribution in [3.8, 4) is 11.8 Å². The predicted molar refractivity (Wildman–Crippen MR) is 93.0 cm³/mol. The van der Waals surface area contributed by atoms with Crippen LogP contribution in [-0.2, 0) is 4.79 Å². The molecule has 0 atom stereocenters. The third kappa shape index (κ3) is 4.42. The SMILES string of the molecule is COc1ccc(/C=C(\C#N)C(=O)Nc2cccc([N+](=O)[O-])c2)cc1C. The zero-order valence-electron chi connectivity index (χ0n) is 13.6. The van der Waals surface area contributed by atoms with E-state index < -0.39 is 10.8 Å². The predicted octanol–water partition coefficient (Wildman–Crippen LogP) is 3.46. The molecule has 25 heavy (non-hydrogen) atoms. The first-order valence-electron chi connectivity index (χ1n) is 7.27. The number of hydrogen-bond donors (Lipinski definition) is 1. The molecule has 0 bridgehead atoms. The standard InChI is InChI=1S/C18H15N3O4/c1-12-8-13(6-7-17(12)25-2)9-14(11-19)18(22)20-15-4-3-5-16(10-15)21(23)24/h3-10H,1-2H3,(H,20,22)/b14-9+. The van der Waals surface area contributed by atoms with Crippen LogP contribution in [0.4, 0.5) is 11.4 Å². The fourth-order valence-corrected chi connectivity index (χ4v) is 2.20. The van der Waals surface area contributed by atoms with Gasteiger partial charge in [0.05, 0.1) is 12.0 Å². The summed E-state index contributed by atoms with van der Waals surface area (Å²) in [5.74, 6) is 0.0631. The van der Waals surface area contributed by atoms with Crippen molar-refractivity contribution in [3.05, 3.63) is 69.3 Å². The minimum atomic E-state index is -0.642. The number of nitrogens with zero attached hydrogens (tertiary/aromatic N) is 2. The fraction of sp³-hybridized carbons (Fsp3) is 0.111. The average molecular weight is 337 g/mol. The van der Waals surface area contributed by atoms with Gasteiger partial charge in [0.25, 0.3) is 11.6 Å². The number of hydrogen-bond acceptors (Lipinski definition) is 5. The highest BCUT2D eigenvalue weighted by atomic mass is 16.6. The van der Waals surface area contributed by atoms with E-state index in [1.807, 2.05) is 13.0 Å². The molecular formula is C18H15N3O4. The summed E-state index contributed by atoms with van der Waals surface area (Å²) < 4.78 is 5.17. The number of aryl methyl sites for hydroxylation is 1. The second-order valence-corrected chi connectivity index (χ2v) is 5.16. The number of anilines is 1. The summed E-state index contributed by atoms with van der Waals surface area (Å²) >= 11 is 0. The lowest BCUT2D eigenvalue weighted by molar-refractivity contribution is -0.384. The van der Waals surface area contributed by atoms with E-state index in [0.717, 1.165) is 5.56 Å². The van der Waals surface area contributed by atoms with Gasteiger partial charge in [0, 0.05) is 17.8 Å². The third-order valence-electron chi connectivity index (χ3n) is 3.41. The van der Waals surface area contributed by atoms with Gasteiger partial charge >= 0.3 is 0 Å². The molecule has 0 saturated carbocycles. The summed E-state index contributed by atoms with van der Waals surface area (Å²) in [5.41, 5.74) is 1.52. The maximum absolute atomic E-state index is 12.2. The highest BCUT2D eigenvalue weighted by Crippen LogP contribution is 2.21. The Hall–Kier alpha value is -3.66. The summed E-state index contributed by atoms with van der Waals surface area (Å²) in [5, 5.41) is 22.5. The molecule has 0 spiro atoms. The fourth-order valence-electron chi connectivity index (χ4n) is 2.20. The maximum atomic E-state index is 12.2. The van der Waals surface area contributed by atoms with Crippen LogP contribution in [0.3, 0.4) is 0 Å². The van der Waals surface area contributed by atoms with Crippen LogP contribution in [0.25, 0.3) is 6.08 Å². The number of ether oxygens (including phenoxy) is 1. The van der Waals surface area contributed by atoms with Crippen LogP contribution in [0.5, 0.6) is 5.75 Å². The molecule has 0 aliphatic rings. The van der Waals surface area contributed by atoms with Gasteiger partial charge in [-0.1, -0.05) is 12.1 Å². The number of nitro benzene ring substituents is 1. The van der Waals surface area contributed by atoms with Gasteiger partial charge in [-0.3, -0.25) is 14.9 Å². The van der Waals surface area contributed by atoms with Gasteiger partial charge in [-0.05, 0) is 42.3 Å². The van der Waals surface area contributed by atoms with Crippen LogP contribution in [0.15, 0.2) is 48.0 Å². The molecule has 0 fully saturated rings. The number of carbonyl (C=O) groups excluding carboxylic acids is 1. The molecular weight excluding hydrogens is 322 g/mol. The minimum absolute atomic E-state index is 0.115. The number of nitrogens with one attached hydrogen (secondary N) is 1. The summed E-state index contributed by atoms with van der Waals surface area (Å²) in [6, 6.07) is 12.6. The lowest BCUT2D eigenvalue weighted by Crippen LogP contribution is -2.13. The monoisotopic (exact) mass is 337 g/mol. The molecule has 0 aliphatic carbocycles. The summed E-state index contributed by atoms with van der Waals surface area (Å²) in [7, 11) is 1.56. The van der Waals surface area contributed by atoms with Crippen molar-refractivity contribution in [2.75, 3.05) is 12.4 Å². The zero-order valence-corrected chi connectivity index (χ0v) is 13.6. The van der Waals surface area contributed by atoms with Crippen LogP contribution < -0.4 is 10.1 Å². The lowest BCUT2D eigenvalue weighted by atomic mass is 10.1.